The van der Waals surface area contributed by atoms with E-state index < -0.39 is 35.0 Å². The summed E-state index contributed by atoms with van der Waals surface area (Å²) in [5, 5.41) is 0. The molecule has 2 atom stereocenters. The molecule has 0 radical (unpaired) electrons. The van der Waals surface area contributed by atoms with Crippen molar-refractivity contribution in [2.75, 3.05) is 0 Å². The summed E-state index contributed by atoms with van der Waals surface area (Å²) in [6.07, 6.45) is 0. The van der Waals surface area contributed by atoms with E-state index in [9.17, 15) is 0 Å². The Morgan fingerprint density at radius 1 is 0.737 bits per heavy atom. The van der Waals surface area contributed by atoms with Gasteiger partial charge in [-0.2, -0.15) is 0 Å². The van der Waals surface area contributed by atoms with Crippen molar-refractivity contribution in [3.05, 3.63) is 49.1 Å². The first kappa shape index (κ1) is 16.7. The Bertz CT molecular complexity index is 376. The molecule has 0 aliphatic carbocycles. The van der Waals surface area contributed by atoms with Gasteiger partial charge in [0, 0.05) is 0 Å². The summed E-state index contributed by atoms with van der Waals surface area (Å²) in [4.78, 5) is 0. The van der Waals surface area contributed by atoms with Crippen LogP contribution in [0.25, 0.3) is 0 Å². The minimum Gasteiger partial charge on any atom is -0.412 e. The van der Waals surface area contributed by atoms with E-state index in [-0.39, 0.29) is 0 Å². The van der Waals surface area contributed by atoms with Crippen LogP contribution in [0.5, 0.6) is 0 Å². The van der Waals surface area contributed by atoms with Crippen molar-refractivity contribution in [1.82, 2.24) is 0 Å². The molecule has 1 aliphatic rings. The molecule has 0 aromatic carbocycles. The highest BCUT2D eigenvalue weighted by atomic mass is 28.5. The van der Waals surface area contributed by atoms with Crippen molar-refractivity contribution in [3.8, 4) is 0 Å². The van der Waals surface area contributed by atoms with Crippen LogP contribution in [0.3, 0.4) is 0 Å². The van der Waals surface area contributed by atoms with Crippen LogP contribution in [0.4, 0.5) is 0 Å². The SMILES string of the molecule is C=C[SiH]1O[Si](C)(C=C)O[Si](C)(C=C)O[Si](C)(C=C)O1. The van der Waals surface area contributed by atoms with Crippen LogP contribution in [0.15, 0.2) is 49.1 Å². The Morgan fingerprint density at radius 3 is 1.37 bits per heavy atom. The fourth-order valence-electron chi connectivity index (χ4n) is 1.72. The maximum Gasteiger partial charge on any atom is 0.344 e. The highest BCUT2D eigenvalue weighted by molar-refractivity contribution is 6.95. The Labute approximate surface area is 120 Å². The molecule has 1 rings (SSSR count). The molecule has 0 spiro atoms. The van der Waals surface area contributed by atoms with Crippen LogP contribution >= 0.6 is 0 Å². The lowest BCUT2D eigenvalue weighted by Crippen LogP contribution is -2.62. The lowest BCUT2D eigenvalue weighted by atomic mass is 11.3. The average Bonchev–Trinajstić information content (AvgIpc) is 2.36. The smallest absolute Gasteiger partial charge is 0.344 e. The van der Waals surface area contributed by atoms with E-state index in [4.69, 9.17) is 16.5 Å². The first-order chi connectivity index (χ1) is 8.74. The number of rotatable bonds is 4. The van der Waals surface area contributed by atoms with Crippen molar-refractivity contribution in [2.24, 2.45) is 0 Å². The van der Waals surface area contributed by atoms with Gasteiger partial charge >= 0.3 is 35.0 Å². The molecule has 106 valence electrons. The van der Waals surface area contributed by atoms with Gasteiger partial charge in [0.15, 0.2) is 0 Å². The molecule has 0 amide bonds. The topological polar surface area (TPSA) is 36.9 Å². The predicted molar refractivity (Wildman–Crippen MR) is 87.1 cm³/mol. The third kappa shape index (κ3) is 4.06. The highest BCUT2D eigenvalue weighted by Crippen LogP contribution is 2.28. The molecule has 1 saturated heterocycles. The van der Waals surface area contributed by atoms with Gasteiger partial charge in [0.2, 0.25) is 0 Å². The Kier molecular flexibility index (Phi) is 5.26. The van der Waals surface area contributed by atoms with Crippen LogP contribution in [0.2, 0.25) is 19.6 Å². The van der Waals surface area contributed by atoms with E-state index in [0.29, 0.717) is 0 Å². The van der Waals surface area contributed by atoms with Gasteiger partial charge in [-0.25, -0.2) is 0 Å². The Hall–Kier alpha value is -0.332. The van der Waals surface area contributed by atoms with Gasteiger partial charge in [-0.3, -0.25) is 0 Å². The molecule has 0 saturated carbocycles. The standard InChI is InChI=1S/C11H22O4Si4/c1-8-16-12-17(5,9-2)14-19(7,11-4)15-18(6,10-3)13-16/h8-11,16H,1-4H2,5-7H3. The summed E-state index contributed by atoms with van der Waals surface area (Å²) < 4.78 is 24.5. The summed E-state index contributed by atoms with van der Waals surface area (Å²) in [5.74, 6) is 0. The largest absolute Gasteiger partial charge is 0.412 e. The Morgan fingerprint density at radius 2 is 1.11 bits per heavy atom. The summed E-state index contributed by atoms with van der Waals surface area (Å²) in [5.41, 5.74) is 6.97. The molecule has 1 fully saturated rings. The zero-order chi connectivity index (χ0) is 14.7. The van der Waals surface area contributed by atoms with E-state index in [0.717, 1.165) is 0 Å². The molecule has 0 bridgehead atoms. The van der Waals surface area contributed by atoms with Gasteiger partial charge in [-0.15, -0.1) is 26.3 Å². The quantitative estimate of drug-likeness (QED) is 0.742. The molecule has 8 heteroatoms. The fraction of sp³-hybridized carbons (Fsp3) is 0.273. The maximum atomic E-state index is 6.19. The van der Waals surface area contributed by atoms with Crippen LogP contribution in [-0.4, -0.2) is 35.0 Å². The Balaban J connectivity index is 3.18. The first-order valence-electron chi connectivity index (χ1n) is 6.03. The fourth-order valence-corrected chi connectivity index (χ4v) is 17.1. The summed E-state index contributed by atoms with van der Waals surface area (Å²) in [6.45, 7) is 21.1. The average molecular weight is 331 g/mol. The van der Waals surface area contributed by atoms with Crippen molar-refractivity contribution in [3.63, 3.8) is 0 Å². The van der Waals surface area contributed by atoms with E-state index >= 15 is 0 Å². The predicted octanol–water partition coefficient (Wildman–Crippen LogP) is 2.40. The zero-order valence-corrected chi connectivity index (χ0v) is 16.0. The first-order valence-corrected chi connectivity index (χ1v) is 14.8. The minimum atomic E-state index is -2.57. The van der Waals surface area contributed by atoms with Crippen molar-refractivity contribution in [2.45, 2.75) is 19.6 Å². The molecular weight excluding hydrogens is 308 g/mol. The van der Waals surface area contributed by atoms with Gasteiger partial charge in [-0.05, 0) is 19.6 Å². The molecule has 2 unspecified atom stereocenters. The van der Waals surface area contributed by atoms with Crippen LogP contribution in [0, 0.1) is 0 Å². The summed E-state index contributed by atoms with van der Waals surface area (Å²) >= 11 is 0. The van der Waals surface area contributed by atoms with E-state index in [2.05, 4.69) is 26.3 Å². The second-order valence-corrected chi connectivity index (χ2v) is 16.8. The molecule has 0 aromatic heterocycles. The number of hydrogen-bond acceptors (Lipinski definition) is 4. The van der Waals surface area contributed by atoms with Crippen LogP contribution in [0.1, 0.15) is 0 Å². The van der Waals surface area contributed by atoms with Gasteiger partial charge in [-0.1, -0.05) is 22.8 Å². The van der Waals surface area contributed by atoms with Gasteiger partial charge in [0.25, 0.3) is 0 Å². The lowest BCUT2D eigenvalue weighted by molar-refractivity contribution is 0.263. The van der Waals surface area contributed by atoms with Crippen LogP contribution in [-0.2, 0) is 16.5 Å². The summed E-state index contributed by atoms with van der Waals surface area (Å²) in [7, 11) is -9.67. The molecule has 0 N–H and O–H groups in total. The zero-order valence-electron chi connectivity index (χ0n) is 11.8. The second-order valence-electron chi connectivity index (χ2n) is 4.70. The molecular formula is C11H22O4Si4. The third-order valence-electron chi connectivity index (χ3n) is 2.82. The van der Waals surface area contributed by atoms with Crippen LogP contribution < -0.4 is 0 Å². The van der Waals surface area contributed by atoms with Crippen molar-refractivity contribution < 1.29 is 16.5 Å². The van der Waals surface area contributed by atoms with E-state index in [1.165, 1.54) is 0 Å². The summed E-state index contributed by atoms with van der Waals surface area (Å²) in [6, 6.07) is 0. The third-order valence-corrected chi connectivity index (χ3v) is 17.5. The highest BCUT2D eigenvalue weighted by Gasteiger charge is 2.49. The lowest BCUT2D eigenvalue weighted by Gasteiger charge is -2.43. The minimum absolute atomic E-state index is 1.73. The van der Waals surface area contributed by atoms with Gasteiger partial charge < -0.3 is 16.5 Å². The van der Waals surface area contributed by atoms with Crippen molar-refractivity contribution >= 4 is 35.0 Å². The van der Waals surface area contributed by atoms with Crippen molar-refractivity contribution in [1.29, 1.82) is 0 Å². The molecule has 19 heavy (non-hydrogen) atoms. The van der Waals surface area contributed by atoms with E-state index in [1.54, 1.807) is 22.8 Å². The molecule has 0 aromatic rings. The van der Waals surface area contributed by atoms with E-state index in [1.807, 2.05) is 19.6 Å². The second kappa shape index (κ2) is 5.97. The number of hydrogen-bond donors (Lipinski definition) is 0. The van der Waals surface area contributed by atoms with Gasteiger partial charge in [0.1, 0.15) is 0 Å². The maximum absolute atomic E-state index is 6.19. The molecule has 4 nitrogen and oxygen atoms in total. The molecule has 1 aliphatic heterocycles. The van der Waals surface area contributed by atoms with Gasteiger partial charge in [0.05, 0.1) is 0 Å². The monoisotopic (exact) mass is 330 g/mol. The normalized spacial score (nSPS) is 43.6. The molecule has 1 heterocycles.